The molecule has 0 saturated carbocycles. The zero-order valence-electron chi connectivity index (χ0n) is 10.2. The molecule has 17 heavy (non-hydrogen) atoms. The fraction of sp³-hybridized carbons (Fsp3) is 0.308. The molecule has 0 aliphatic rings. The molecule has 0 bridgehead atoms. The van der Waals surface area contributed by atoms with Gasteiger partial charge in [0.25, 0.3) is 0 Å². The van der Waals surface area contributed by atoms with E-state index < -0.39 is 0 Å². The summed E-state index contributed by atoms with van der Waals surface area (Å²) < 4.78 is 18.9. The number of nitrogens with one attached hydrogen (secondary N) is 1. The summed E-state index contributed by atoms with van der Waals surface area (Å²) in [7, 11) is 3.39. The van der Waals surface area contributed by atoms with E-state index in [0.717, 1.165) is 16.9 Å². The zero-order valence-corrected chi connectivity index (χ0v) is 10.2. The van der Waals surface area contributed by atoms with Gasteiger partial charge in [0.1, 0.15) is 5.82 Å². The normalized spacial score (nSPS) is 10.8. The van der Waals surface area contributed by atoms with Crippen LogP contribution in [-0.2, 0) is 11.3 Å². The van der Waals surface area contributed by atoms with E-state index >= 15 is 0 Å². The molecule has 0 unspecified atom stereocenters. The molecule has 0 fully saturated rings. The number of pyridine rings is 1. The molecule has 1 aromatic heterocycles. The van der Waals surface area contributed by atoms with Gasteiger partial charge >= 0.3 is 0 Å². The molecule has 2 rings (SSSR count). The summed E-state index contributed by atoms with van der Waals surface area (Å²) in [5.41, 5.74) is 3.17. The van der Waals surface area contributed by atoms with Crippen LogP contribution in [0.4, 0.5) is 10.1 Å². The molecule has 1 N–H and O–H groups in total. The maximum Gasteiger partial charge on any atom is 0.134 e. The number of anilines is 1. The van der Waals surface area contributed by atoms with Crippen LogP contribution in [0.5, 0.6) is 0 Å². The van der Waals surface area contributed by atoms with Crippen molar-refractivity contribution in [2.75, 3.05) is 19.5 Å². The summed E-state index contributed by atoms with van der Waals surface area (Å²) in [6, 6.07) is 5.02. The molecule has 3 nitrogen and oxygen atoms in total. The minimum absolute atomic E-state index is 0.258. The van der Waals surface area contributed by atoms with Crippen LogP contribution in [0.2, 0.25) is 0 Å². The predicted molar refractivity (Wildman–Crippen MR) is 66.7 cm³/mol. The molecule has 0 spiro atoms. The molecule has 1 aromatic carbocycles. The third-order valence-corrected chi connectivity index (χ3v) is 2.73. The van der Waals surface area contributed by atoms with Gasteiger partial charge in [-0.05, 0) is 24.6 Å². The van der Waals surface area contributed by atoms with Gasteiger partial charge in [-0.2, -0.15) is 0 Å². The second kappa shape index (κ2) is 4.67. The van der Waals surface area contributed by atoms with E-state index in [0.29, 0.717) is 17.5 Å². The van der Waals surface area contributed by atoms with Crippen molar-refractivity contribution in [2.24, 2.45) is 0 Å². The Morgan fingerprint density at radius 1 is 1.41 bits per heavy atom. The molecular weight excluding hydrogens is 219 g/mol. The molecule has 0 saturated heterocycles. The molecule has 0 amide bonds. The van der Waals surface area contributed by atoms with Crippen molar-refractivity contribution >= 4 is 16.6 Å². The number of aryl methyl sites for hydroxylation is 1. The lowest BCUT2D eigenvalue weighted by Gasteiger charge is -2.11. The Bertz CT molecular complexity index is 555. The van der Waals surface area contributed by atoms with E-state index in [1.807, 2.05) is 13.0 Å². The molecular formula is C13H15FN2O. The maximum atomic E-state index is 13.8. The Balaban J connectivity index is 2.77. The molecule has 0 aliphatic carbocycles. The highest BCUT2D eigenvalue weighted by atomic mass is 19.1. The van der Waals surface area contributed by atoms with Gasteiger partial charge in [0.2, 0.25) is 0 Å². The van der Waals surface area contributed by atoms with Crippen molar-refractivity contribution in [1.29, 1.82) is 0 Å². The number of aromatic nitrogens is 1. The van der Waals surface area contributed by atoms with Crippen molar-refractivity contribution in [2.45, 2.75) is 13.5 Å². The van der Waals surface area contributed by atoms with Crippen molar-refractivity contribution in [3.8, 4) is 0 Å². The largest absolute Gasteiger partial charge is 0.387 e. The Hall–Kier alpha value is -1.68. The first-order chi connectivity index (χ1) is 8.17. The summed E-state index contributed by atoms with van der Waals surface area (Å²) in [5.74, 6) is -0.258. The van der Waals surface area contributed by atoms with Gasteiger partial charge in [-0.1, -0.05) is 6.07 Å². The average molecular weight is 234 g/mol. The lowest BCUT2D eigenvalue weighted by molar-refractivity contribution is 0.182. The van der Waals surface area contributed by atoms with Gasteiger partial charge in [-0.3, -0.25) is 0 Å². The summed E-state index contributed by atoms with van der Waals surface area (Å²) in [5, 5.41) is 3.54. The van der Waals surface area contributed by atoms with Gasteiger partial charge in [0.05, 0.1) is 23.2 Å². The second-order valence-corrected chi connectivity index (χ2v) is 3.93. The van der Waals surface area contributed by atoms with Crippen molar-refractivity contribution in [3.05, 3.63) is 35.3 Å². The smallest absolute Gasteiger partial charge is 0.134 e. The molecule has 0 aliphatic heterocycles. The second-order valence-electron chi connectivity index (χ2n) is 3.93. The Morgan fingerprint density at radius 2 is 2.18 bits per heavy atom. The van der Waals surface area contributed by atoms with Crippen LogP contribution >= 0.6 is 0 Å². The third-order valence-electron chi connectivity index (χ3n) is 2.73. The predicted octanol–water partition coefficient (Wildman–Crippen LogP) is 2.87. The number of hydrogen-bond acceptors (Lipinski definition) is 3. The van der Waals surface area contributed by atoms with E-state index in [4.69, 9.17) is 4.74 Å². The van der Waals surface area contributed by atoms with Crippen LogP contribution in [0, 0.1) is 12.7 Å². The van der Waals surface area contributed by atoms with Crippen LogP contribution < -0.4 is 5.32 Å². The number of hydrogen-bond donors (Lipinski definition) is 1. The maximum absolute atomic E-state index is 13.8. The Labute approximate surface area is 99.6 Å². The van der Waals surface area contributed by atoms with E-state index in [2.05, 4.69) is 10.3 Å². The van der Waals surface area contributed by atoms with E-state index in [1.165, 1.54) is 6.07 Å². The van der Waals surface area contributed by atoms with Gasteiger partial charge in [0.15, 0.2) is 0 Å². The highest BCUT2D eigenvalue weighted by Gasteiger charge is 2.11. The third kappa shape index (κ3) is 2.08. The molecule has 2 aromatic rings. The minimum atomic E-state index is -0.258. The summed E-state index contributed by atoms with van der Waals surface area (Å²) in [6.45, 7) is 2.34. The summed E-state index contributed by atoms with van der Waals surface area (Å²) in [6.07, 6.45) is 0. The monoisotopic (exact) mass is 234 g/mol. The van der Waals surface area contributed by atoms with Crippen molar-refractivity contribution in [1.82, 2.24) is 4.98 Å². The molecule has 0 atom stereocenters. The minimum Gasteiger partial charge on any atom is -0.387 e. The van der Waals surface area contributed by atoms with Crippen molar-refractivity contribution in [3.63, 3.8) is 0 Å². The highest BCUT2D eigenvalue weighted by Crippen LogP contribution is 2.28. The van der Waals surface area contributed by atoms with Crippen LogP contribution in [-0.4, -0.2) is 19.1 Å². The first-order valence-electron chi connectivity index (χ1n) is 5.42. The standard InChI is InChI=1S/C13H15FN2O/c1-8-4-5-10(14)12-11(15-2)6-9(7-17-3)16-13(8)12/h4-6H,7H2,1-3H3,(H,15,16). The number of ether oxygens (including phenoxy) is 1. The molecule has 4 heteroatoms. The molecule has 90 valence electrons. The zero-order chi connectivity index (χ0) is 12.4. The highest BCUT2D eigenvalue weighted by molar-refractivity contribution is 5.93. The molecule has 1 heterocycles. The number of fused-ring (bicyclic) bond motifs is 1. The van der Waals surface area contributed by atoms with Crippen LogP contribution in [0.3, 0.4) is 0 Å². The lowest BCUT2D eigenvalue weighted by atomic mass is 10.1. The summed E-state index contributed by atoms with van der Waals surface area (Å²) in [4.78, 5) is 4.43. The SMILES string of the molecule is CNc1cc(COC)nc2c(C)ccc(F)c12. The number of methoxy groups -OCH3 is 1. The summed E-state index contributed by atoms with van der Waals surface area (Å²) >= 11 is 0. The first kappa shape index (κ1) is 11.8. The molecule has 0 radical (unpaired) electrons. The average Bonchev–Trinajstić information content (AvgIpc) is 2.33. The van der Waals surface area contributed by atoms with Crippen LogP contribution in [0.25, 0.3) is 10.9 Å². The fourth-order valence-electron chi connectivity index (χ4n) is 1.90. The van der Waals surface area contributed by atoms with Gasteiger partial charge in [-0.25, -0.2) is 9.37 Å². The number of halogens is 1. The van der Waals surface area contributed by atoms with Crippen LogP contribution in [0.1, 0.15) is 11.3 Å². The topological polar surface area (TPSA) is 34.1 Å². The number of benzene rings is 1. The fourth-order valence-corrected chi connectivity index (χ4v) is 1.90. The number of rotatable bonds is 3. The van der Waals surface area contributed by atoms with Gasteiger partial charge in [-0.15, -0.1) is 0 Å². The quantitative estimate of drug-likeness (QED) is 0.886. The van der Waals surface area contributed by atoms with E-state index in [1.54, 1.807) is 20.2 Å². The van der Waals surface area contributed by atoms with Crippen LogP contribution in [0.15, 0.2) is 18.2 Å². The van der Waals surface area contributed by atoms with E-state index in [9.17, 15) is 4.39 Å². The van der Waals surface area contributed by atoms with E-state index in [-0.39, 0.29) is 5.82 Å². The first-order valence-corrected chi connectivity index (χ1v) is 5.42. The number of nitrogens with zero attached hydrogens (tertiary/aromatic N) is 1. The lowest BCUT2D eigenvalue weighted by Crippen LogP contribution is -2.00. The van der Waals surface area contributed by atoms with Crippen molar-refractivity contribution < 1.29 is 9.13 Å². The Morgan fingerprint density at radius 3 is 2.82 bits per heavy atom. The van der Waals surface area contributed by atoms with Gasteiger partial charge < -0.3 is 10.1 Å². The van der Waals surface area contributed by atoms with Gasteiger partial charge in [0, 0.05) is 19.8 Å². The Kier molecular flexibility index (Phi) is 3.24.